The van der Waals surface area contributed by atoms with Crippen molar-refractivity contribution in [3.05, 3.63) is 131 Å². The molecule has 252 valence electrons. The molecule has 0 radical (unpaired) electrons. The third-order valence-corrected chi connectivity index (χ3v) is 8.06. The van der Waals surface area contributed by atoms with E-state index >= 15 is 0 Å². The number of ether oxygens (including phenoxy) is 6. The summed E-state index contributed by atoms with van der Waals surface area (Å²) in [6.45, 7) is 1.64. The van der Waals surface area contributed by atoms with Crippen molar-refractivity contribution >= 4 is 11.8 Å². The smallest absolute Gasteiger partial charge is 0.261 e. The number of hydrogen-bond acceptors (Lipinski definition) is 9. The van der Waals surface area contributed by atoms with E-state index in [0.29, 0.717) is 30.9 Å². The van der Waals surface area contributed by atoms with Crippen LogP contribution in [0, 0.1) is 0 Å². The normalized spacial score (nSPS) is 13.4. The topological polar surface area (TPSA) is 113 Å². The van der Waals surface area contributed by atoms with Gasteiger partial charge < -0.3 is 33.5 Å². The molecule has 5 rings (SSSR count). The molecule has 1 aliphatic heterocycles. The van der Waals surface area contributed by atoms with Gasteiger partial charge in [0.1, 0.15) is 23.2 Å². The molecule has 1 atom stereocenters. The number of nitrogens with zero attached hydrogens (tertiary/aromatic N) is 1. The Bertz CT molecular complexity index is 1530. The van der Waals surface area contributed by atoms with Crippen LogP contribution in [-0.4, -0.2) is 94.9 Å². The lowest BCUT2D eigenvalue weighted by molar-refractivity contribution is -0.0700. The van der Waals surface area contributed by atoms with Gasteiger partial charge in [-0.25, -0.2) is 0 Å². The molecule has 0 fully saturated rings. The van der Waals surface area contributed by atoms with Gasteiger partial charge in [-0.05, 0) is 53.1 Å². The highest BCUT2D eigenvalue weighted by molar-refractivity contribution is 6.21. The molecule has 0 bridgehead atoms. The van der Waals surface area contributed by atoms with Gasteiger partial charge in [-0.1, -0.05) is 66.7 Å². The lowest BCUT2D eigenvalue weighted by Crippen LogP contribution is -2.36. The number of amides is 2. The van der Waals surface area contributed by atoms with E-state index in [1.165, 1.54) is 4.90 Å². The summed E-state index contributed by atoms with van der Waals surface area (Å²) < 4.78 is 34.3. The molecule has 1 N–H and O–H groups in total. The summed E-state index contributed by atoms with van der Waals surface area (Å²) in [5.74, 6) is 0.845. The summed E-state index contributed by atoms with van der Waals surface area (Å²) in [5, 5.41) is 10.9. The molecule has 1 unspecified atom stereocenters. The molecular formula is C38H41NO9. The molecule has 0 saturated carbocycles. The predicted octanol–water partition coefficient (Wildman–Crippen LogP) is 4.72. The molecule has 4 aromatic rings. The SMILES string of the molecule is COc1ccc(C(OCC(O)COCCOCCOCCN2C(=O)c3ccccc3C2=O)(c2ccccc2)c2ccc(OC)cc2)cc1. The molecular weight excluding hydrogens is 614 g/mol. The summed E-state index contributed by atoms with van der Waals surface area (Å²) >= 11 is 0. The minimum atomic E-state index is -1.04. The van der Waals surface area contributed by atoms with Crippen molar-refractivity contribution < 1.29 is 43.1 Å². The molecule has 10 nitrogen and oxygen atoms in total. The van der Waals surface area contributed by atoms with E-state index in [-0.39, 0.29) is 44.8 Å². The Hall–Kier alpha value is -4.58. The van der Waals surface area contributed by atoms with Crippen molar-refractivity contribution in [2.45, 2.75) is 11.7 Å². The number of hydrogen-bond donors (Lipinski definition) is 1. The minimum absolute atomic E-state index is 0.00520. The highest BCUT2D eigenvalue weighted by atomic mass is 16.6. The van der Waals surface area contributed by atoms with Crippen LogP contribution in [0.4, 0.5) is 0 Å². The second-order valence-corrected chi connectivity index (χ2v) is 11.1. The Kier molecular flexibility index (Phi) is 12.3. The lowest BCUT2D eigenvalue weighted by Gasteiger charge is -2.36. The van der Waals surface area contributed by atoms with Crippen LogP contribution in [0.2, 0.25) is 0 Å². The molecule has 2 amide bonds. The van der Waals surface area contributed by atoms with E-state index in [4.69, 9.17) is 28.4 Å². The molecule has 1 heterocycles. The van der Waals surface area contributed by atoms with Crippen LogP contribution in [0.3, 0.4) is 0 Å². The number of benzene rings is 4. The summed E-state index contributed by atoms with van der Waals surface area (Å²) in [5.41, 5.74) is 2.44. The van der Waals surface area contributed by atoms with Crippen LogP contribution < -0.4 is 9.47 Å². The quantitative estimate of drug-likeness (QED) is 0.0872. The van der Waals surface area contributed by atoms with Gasteiger partial charge in [0.05, 0.1) is 78.1 Å². The maximum Gasteiger partial charge on any atom is 0.261 e. The zero-order chi connectivity index (χ0) is 33.8. The van der Waals surface area contributed by atoms with E-state index < -0.39 is 11.7 Å². The van der Waals surface area contributed by atoms with Crippen LogP contribution >= 0.6 is 0 Å². The van der Waals surface area contributed by atoms with Crippen LogP contribution in [0.15, 0.2) is 103 Å². The first kappa shape index (κ1) is 34.7. The van der Waals surface area contributed by atoms with Gasteiger partial charge >= 0.3 is 0 Å². The van der Waals surface area contributed by atoms with Crippen molar-refractivity contribution in [3.63, 3.8) is 0 Å². The minimum Gasteiger partial charge on any atom is -0.497 e. The number of carbonyl (C=O) groups excluding carboxylic acids is 2. The van der Waals surface area contributed by atoms with Crippen molar-refractivity contribution in [1.29, 1.82) is 0 Å². The van der Waals surface area contributed by atoms with E-state index in [1.54, 1.807) is 38.5 Å². The average molecular weight is 656 g/mol. The number of carbonyl (C=O) groups is 2. The highest BCUT2D eigenvalue weighted by Crippen LogP contribution is 2.41. The van der Waals surface area contributed by atoms with Gasteiger partial charge in [0.2, 0.25) is 0 Å². The second kappa shape index (κ2) is 17.0. The summed E-state index contributed by atoms with van der Waals surface area (Å²) in [6.07, 6.45) is -0.907. The van der Waals surface area contributed by atoms with Crippen molar-refractivity contribution in [2.24, 2.45) is 0 Å². The number of rotatable bonds is 19. The van der Waals surface area contributed by atoms with Gasteiger partial charge in [-0.3, -0.25) is 14.5 Å². The van der Waals surface area contributed by atoms with Gasteiger partial charge in [0, 0.05) is 0 Å². The fourth-order valence-corrected chi connectivity index (χ4v) is 5.60. The van der Waals surface area contributed by atoms with Crippen LogP contribution in [-0.2, 0) is 24.5 Å². The van der Waals surface area contributed by atoms with Gasteiger partial charge in [-0.2, -0.15) is 0 Å². The van der Waals surface area contributed by atoms with Crippen molar-refractivity contribution in [2.75, 3.05) is 67.0 Å². The monoisotopic (exact) mass is 655 g/mol. The summed E-state index contributed by atoms with van der Waals surface area (Å²) in [7, 11) is 3.25. The van der Waals surface area contributed by atoms with Gasteiger partial charge in [0.15, 0.2) is 0 Å². The van der Waals surface area contributed by atoms with Crippen LogP contribution in [0.5, 0.6) is 11.5 Å². The number of aliphatic hydroxyl groups excluding tert-OH is 1. The molecule has 0 aromatic heterocycles. The Labute approximate surface area is 280 Å². The standard InChI is InChI=1S/C38H41NO9/c1-43-32-16-12-29(13-17-32)38(28-8-4-3-5-9-28,30-14-18-33(44-2)19-15-30)48-27-31(40)26-47-25-24-46-23-22-45-21-20-39-36(41)34-10-6-7-11-35(34)37(39)42/h3-19,31,40H,20-27H2,1-2H3. The molecule has 1 aliphatic rings. The average Bonchev–Trinajstić information content (AvgIpc) is 3.38. The molecule has 0 spiro atoms. The first-order valence-corrected chi connectivity index (χ1v) is 15.8. The van der Waals surface area contributed by atoms with E-state index in [2.05, 4.69) is 0 Å². The Morgan fingerprint density at radius 2 is 1.04 bits per heavy atom. The Balaban J connectivity index is 1.08. The predicted molar refractivity (Wildman–Crippen MR) is 179 cm³/mol. The van der Waals surface area contributed by atoms with Crippen LogP contribution in [0.25, 0.3) is 0 Å². The zero-order valence-electron chi connectivity index (χ0n) is 27.2. The van der Waals surface area contributed by atoms with Gasteiger partial charge in [-0.15, -0.1) is 0 Å². The number of fused-ring (bicyclic) bond motifs is 1. The molecule has 4 aromatic carbocycles. The zero-order valence-corrected chi connectivity index (χ0v) is 27.2. The van der Waals surface area contributed by atoms with Crippen molar-refractivity contribution in [3.8, 4) is 11.5 Å². The molecule has 0 saturated heterocycles. The number of imide groups is 1. The largest absolute Gasteiger partial charge is 0.497 e. The van der Waals surface area contributed by atoms with Crippen molar-refractivity contribution in [1.82, 2.24) is 4.90 Å². The summed E-state index contributed by atoms with van der Waals surface area (Å²) in [6, 6.07) is 32.1. The van der Waals surface area contributed by atoms with E-state index in [0.717, 1.165) is 28.2 Å². The maximum absolute atomic E-state index is 12.4. The fourth-order valence-electron chi connectivity index (χ4n) is 5.60. The lowest BCUT2D eigenvalue weighted by atomic mass is 9.80. The first-order valence-electron chi connectivity index (χ1n) is 15.8. The third-order valence-electron chi connectivity index (χ3n) is 8.06. The Morgan fingerprint density at radius 1 is 0.583 bits per heavy atom. The first-order chi connectivity index (χ1) is 23.5. The second-order valence-electron chi connectivity index (χ2n) is 11.1. The van der Waals surface area contributed by atoms with E-state index in [1.807, 2.05) is 78.9 Å². The fraction of sp³-hybridized carbons (Fsp3) is 0.316. The summed E-state index contributed by atoms with van der Waals surface area (Å²) in [4.78, 5) is 26.1. The molecule has 0 aliphatic carbocycles. The number of aliphatic hydroxyl groups is 1. The number of methoxy groups -OCH3 is 2. The third kappa shape index (κ3) is 8.10. The molecule has 48 heavy (non-hydrogen) atoms. The van der Waals surface area contributed by atoms with E-state index in [9.17, 15) is 14.7 Å². The Morgan fingerprint density at radius 3 is 1.56 bits per heavy atom. The van der Waals surface area contributed by atoms with Gasteiger partial charge in [0.25, 0.3) is 11.8 Å². The van der Waals surface area contributed by atoms with Crippen LogP contribution in [0.1, 0.15) is 37.4 Å². The maximum atomic E-state index is 12.4. The molecule has 10 heteroatoms. The highest BCUT2D eigenvalue weighted by Gasteiger charge is 2.38.